The molecule has 3 aromatic rings. The predicted octanol–water partition coefficient (Wildman–Crippen LogP) is 2.91. The molecule has 2 fully saturated rings. The molecule has 40 heavy (non-hydrogen) atoms. The van der Waals surface area contributed by atoms with Gasteiger partial charge in [-0.25, -0.2) is 8.42 Å². The zero-order valence-corrected chi connectivity index (χ0v) is 23.9. The van der Waals surface area contributed by atoms with Crippen LogP contribution >= 0.6 is 0 Å². The minimum Gasteiger partial charge on any atom is -0.489 e. The summed E-state index contributed by atoms with van der Waals surface area (Å²) in [6, 6.07) is 16.5. The summed E-state index contributed by atoms with van der Waals surface area (Å²) < 4.78 is 32.7. The van der Waals surface area contributed by atoms with E-state index in [1.54, 1.807) is 28.8 Å². The van der Waals surface area contributed by atoms with Crippen molar-refractivity contribution < 1.29 is 22.7 Å². The lowest BCUT2D eigenvalue weighted by molar-refractivity contribution is 0.0592. The Morgan fingerprint density at radius 1 is 1.05 bits per heavy atom. The summed E-state index contributed by atoms with van der Waals surface area (Å²) in [6.07, 6.45) is 3.47. The molecule has 10 nitrogen and oxygen atoms in total. The lowest BCUT2D eigenvalue weighted by Gasteiger charge is -2.38. The van der Waals surface area contributed by atoms with Crippen LogP contribution < -0.4 is 10.1 Å². The van der Waals surface area contributed by atoms with E-state index in [1.165, 1.54) is 10.6 Å². The molecule has 1 saturated carbocycles. The number of piperazine rings is 1. The number of carbonyl (C=O) groups excluding carboxylic acids is 2. The van der Waals surface area contributed by atoms with Gasteiger partial charge in [0.2, 0.25) is 10.0 Å². The number of benzene rings is 2. The Labute approximate surface area is 235 Å². The maximum absolute atomic E-state index is 13.0. The minimum absolute atomic E-state index is 0.113. The SMILES string of the molecule is CC1CN(S(C)(=O)=O)CCN1C(=O)c1ccc(COc2cccc(CNC(=O)c3cc(C4CC4)nn3C)c2)cc1. The molecule has 1 N–H and O–H groups in total. The second-order valence-corrected chi connectivity index (χ2v) is 12.6. The van der Waals surface area contributed by atoms with Gasteiger partial charge in [-0.15, -0.1) is 0 Å². The fourth-order valence-electron chi connectivity index (χ4n) is 4.90. The fourth-order valence-corrected chi connectivity index (χ4v) is 5.80. The number of sulfonamides is 1. The molecule has 2 aliphatic rings. The zero-order valence-electron chi connectivity index (χ0n) is 23.0. The van der Waals surface area contributed by atoms with Crippen LogP contribution in [0, 0.1) is 0 Å². The van der Waals surface area contributed by atoms with Crippen LogP contribution in [0.25, 0.3) is 0 Å². The van der Waals surface area contributed by atoms with E-state index >= 15 is 0 Å². The highest BCUT2D eigenvalue weighted by atomic mass is 32.2. The van der Waals surface area contributed by atoms with E-state index in [1.807, 2.05) is 49.4 Å². The average Bonchev–Trinajstić information content (AvgIpc) is 3.71. The number of nitrogens with zero attached hydrogens (tertiary/aromatic N) is 4. The Morgan fingerprint density at radius 2 is 1.80 bits per heavy atom. The molecule has 0 radical (unpaired) electrons. The maximum atomic E-state index is 13.0. The first-order chi connectivity index (χ1) is 19.1. The van der Waals surface area contributed by atoms with Gasteiger partial charge >= 0.3 is 0 Å². The van der Waals surface area contributed by atoms with Crippen molar-refractivity contribution in [1.82, 2.24) is 24.3 Å². The van der Waals surface area contributed by atoms with Crippen LogP contribution in [0.3, 0.4) is 0 Å². The van der Waals surface area contributed by atoms with Crippen molar-refractivity contribution in [2.24, 2.45) is 7.05 Å². The van der Waals surface area contributed by atoms with Gasteiger partial charge in [-0.05, 0) is 61.2 Å². The highest BCUT2D eigenvalue weighted by molar-refractivity contribution is 7.88. The lowest BCUT2D eigenvalue weighted by Crippen LogP contribution is -2.55. The second kappa shape index (κ2) is 11.4. The minimum atomic E-state index is -3.27. The average molecular weight is 566 g/mol. The van der Waals surface area contributed by atoms with Crippen molar-refractivity contribution in [3.05, 3.63) is 82.7 Å². The third-order valence-electron chi connectivity index (χ3n) is 7.40. The Bertz CT molecular complexity index is 1500. The monoisotopic (exact) mass is 565 g/mol. The van der Waals surface area contributed by atoms with Crippen molar-refractivity contribution in [1.29, 1.82) is 0 Å². The van der Waals surface area contributed by atoms with Crippen LogP contribution in [-0.2, 0) is 30.2 Å². The van der Waals surface area contributed by atoms with E-state index in [-0.39, 0.29) is 17.9 Å². The standard InChI is InChI=1S/C29H35N5O5S/c1-20-18-33(40(3,37)38)13-14-34(20)29(36)24-9-7-21(8-10-24)19-39-25-6-4-5-22(15-25)17-30-28(35)27-16-26(23-11-12-23)31-32(27)2/h4-10,15-16,20,23H,11-14,17-19H2,1-3H3,(H,30,35). The van der Waals surface area contributed by atoms with E-state index in [2.05, 4.69) is 10.4 Å². The van der Waals surface area contributed by atoms with Crippen LogP contribution in [0.4, 0.5) is 0 Å². The highest BCUT2D eigenvalue weighted by Gasteiger charge is 2.32. The number of nitrogens with one attached hydrogen (secondary N) is 1. The lowest BCUT2D eigenvalue weighted by atomic mass is 10.1. The Hall–Kier alpha value is -3.70. The van der Waals surface area contributed by atoms with Gasteiger partial charge in [0, 0.05) is 50.7 Å². The normalized spacial score (nSPS) is 18.0. The van der Waals surface area contributed by atoms with E-state index < -0.39 is 10.0 Å². The van der Waals surface area contributed by atoms with Gasteiger partial charge in [-0.3, -0.25) is 14.3 Å². The molecule has 1 aliphatic carbocycles. The molecular formula is C29H35N5O5S. The van der Waals surface area contributed by atoms with Crippen LogP contribution in [0.1, 0.15) is 63.4 Å². The van der Waals surface area contributed by atoms with E-state index in [9.17, 15) is 18.0 Å². The first kappa shape index (κ1) is 27.9. The van der Waals surface area contributed by atoms with Crippen molar-refractivity contribution in [2.75, 3.05) is 25.9 Å². The quantitative estimate of drug-likeness (QED) is 0.427. The first-order valence-electron chi connectivity index (χ1n) is 13.5. The summed E-state index contributed by atoms with van der Waals surface area (Å²) in [6.45, 7) is 3.51. The van der Waals surface area contributed by atoms with Gasteiger partial charge in [-0.1, -0.05) is 24.3 Å². The van der Waals surface area contributed by atoms with Crippen LogP contribution in [0.5, 0.6) is 5.75 Å². The van der Waals surface area contributed by atoms with Crippen LogP contribution in [0.15, 0.2) is 54.6 Å². The van der Waals surface area contributed by atoms with Gasteiger partial charge in [0.15, 0.2) is 0 Å². The molecule has 2 heterocycles. The number of amides is 2. The van der Waals surface area contributed by atoms with Crippen molar-refractivity contribution in [2.45, 2.75) is 44.9 Å². The molecule has 1 atom stereocenters. The maximum Gasteiger partial charge on any atom is 0.269 e. The highest BCUT2D eigenvalue weighted by Crippen LogP contribution is 2.39. The molecule has 1 unspecified atom stereocenters. The predicted molar refractivity (Wildman–Crippen MR) is 150 cm³/mol. The van der Waals surface area contributed by atoms with E-state index in [4.69, 9.17) is 4.74 Å². The summed E-state index contributed by atoms with van der Waals surface area (Å²) in [5.41, 5.74) is 3.93. The molecule has 11 heteroatoms. The van der Waals surface area contributed by atoms with Gasteiger partial charge in [-0.2, -0.15) is 9.40 Å². The molecule has 5 rings (SSSR count). The van der Waals surface area contributed by atoms with Crippen molar-refractivity contribution in [3.63, 3.8) is 0 Å². The largest absolute Gasteiger partial charge is 0.489 e. The van der Waals surface area contributed by atoms with Gasteiger partial charge in [0.05, 0.1) is 11.9 Å². The van der Waals surface area contributed by atoms with Crippen molar-refractivity contribution in [3.8, 4) is 5.75 Å². The molecule has 2 amide bonds. The molecule has 1 aromatic heterocycles. The Balaban J connectivity index is 1.12. The number of aromatic nitrogens is 2. The summed E-state index contributed by atoms with van der Waals surface area (Å²) in [4.78, 5) is 27.4. The van der Waals surface area contributed by atoms with Crippen LogP contribution in [0.2, 0.25) is 0 Å². The molecule has 2 aromatic carbocycles. The Morgan fingerprint density at radius 3 is 2.48 bits per heavy atom. The van der Waals surface area contributed by atoms with Gasteiger partial charge in [0.1, 0.15) is 18.1 Å². The molecule has 1 aliphatic heterocycles. The number of hydrogen-bond donors (Lipinski definition) is 1. The first-order valence-corrected chi connectivity index (χ1v) is 15.3. The van der Waals surface area contributed by atoms with E-state index in [0.29, 0.717) is 55.7 Å². The number of aryl methyl sites for hydroxylation is 1. The molecule has 0 spiro atoms. The number of rotatable bonds is 9. The molecule has 212 valence electrons. The van der Waals surface area contributed by atoms with E-state index in [0.717, 1.165) is 29.7 Å². The fraction of sp³-hybridized carbons (Fsp3) is 0.414. The second-order valence-electron chi connectivity index (χ2n) is 10.6. The molecule has 0 bridgehead atoms. The van der Waals surface area contributed by atoms with Crippen LogP contribution in [-0.4, -0.2) is 71.1 Å². The number of hydrogen-bond acceptors (Lipinski definition) is 6. The molecule has 1 saturated heterocycles. The summed E-state index contributed by atoms with van der Waals surface area (Å²) in [5, 5.41) is 7.42. The zero-order chi connectivity index (χ0) is 28.4. The van der Waals surface area contributed by atoms with Crippen molar-refractivity contribution >= 4 is 21.8 Å². The summed E-state index contributed by atoms with van der Waals surface area (Å²) in [5.74, 6) is 0.903. The Kier molecular flexibility index (Phi) is 7.95. The smallest absolute Gasteiger partial charge is 0.269 e. The summed E-state index contributed by atoms with van der Waals surface area (Å²) in [7, 11) is -1.48. The number of carbonyl (C=O) groups is 2. The third kappa shape index (κ3) is 6.53. The third-order valence-corrected chi connectivity index (χ3v) is 8.67. The number of ether oxygens (including phenoxy) is 1. The summed E-state index contributed by atoms with van der Waals surface area (Å²) >= 11 is 0. The molecular weight excluding hydrogens is 530 g/mol. The van der Waals surface area contributed by atoms with Gasteiger partial charge < -0.3 is 15.0 Å². The topological polar surface area (TPSA) is 114 Å². The van der Waals surface area contributed by atoms with Gasteiger partial charge in [0.25, 0.3) is 11.8 Å².